The topological polar surface area (TPSA) is 129 Å². The number of nitrogens with one attached hydrogen (secondary N) is 3. The van der Waals surface area contributed by atoms with E-state index in [2.05, 4.69) is 60.9 Å². The van der Waals surface area contributed by atoms with Crippen LogP contribution in [0.4, 0.5) is 23.0 Å². The van der Waals surface area contributed by atoms with Crippen LogP contribution < -0.4 is 15.5 Å². The molecule has 1 aliphatic heterocycles. The van der Waals surface area contributed by atoms with Crippen molar-refractivity contribution in [3.63, 3.8) is 0 Å². The SMILES string of the molecule is CN(C)C/C=C/C(=O)Nc1cc(C#N)cc(-c2nc(Nc3cc4c(c(N5CCN(C)CC5)c3)C4)nc3[nH]ncc23)c1. The zero-order valence-electron chi connectivity index (χ0n) is 23.4. The van der Waals surface area contributed by atoms with Gasteiger partial charge in [0, 0.05) is 67.8 Å². The van der Waals surface area contributed by atoms with Crippen molar-refractivity contribution in [1.29, 1.82) is 5.26 Å². The minimum atomic E-state index is -0.271. The van der Waals surface area contributed by atoms with Crippen molar-refractivity contribution in [3.05, 3.63) is 65.4 Å². The number of likely N-dealkylation sites (N-methyl/N-ethyl adjacent to an activating group) is 2. The Morgan fingerprint density at radius 2 is 1.95 bits per heavy atom. The van der Waals surface area contributed by atoms with Gasteiger partial charge in [0.15, 0.2) is 5.65 Å². The fourth-order valence-electron chi connectivity index (χ4n) is 5.10. The van der Waals surface area contributed by atoms with Crippen LogP contribution in [0, 0.1) is 11.3 Å². The number of aromatic amines is 1. The molecule has 0 spiro atoms. The number of carbonyl (C=O) groups is 1. The van der Waals surface area contributed by atoms with Crippen molar-refractivity contribution in [2.24, 2.45) is 0 Å². The van der Waals surface area contributed by atoms with Crippen LogP contribution in [0.2, 0.25) is 0 Å². The van der Waals surface area contributed by atoms with Crippen molar-refractivity contribution in [1.82, 2.24) is 30.0 Å². The molecule has 4 aromatic rings. The highest BCUT2D eigenvalue weighted by Crippen LogP contribution is 2.41. The molecule has 2 aliphatic rings. The number of H-pyrrole nitrogens is 1. The van der Waals surface area contributed by atoms with E-state index in [-0.39, 0.29) is 5.91 Å². The summed E-state index contributed by atoms with van der Waals surface area (Å²) in [5, 5.41) is 23.8. The number of amides is 1. The number of piperazine rings is 1. The molecule has 6 rings (SSSR count). The Kier molecular flexibility index (Phi) is 7.09. The molecule has 3 heterocycles. The molecule has 0 atom stereocenters. The monoisotopic (exact) mass is 548 g/mol. The predicted molar refractivity (Wildman–Crippen MR) is 160 cm³/mol. The highest BCUT2D eigenvalue weighted by Gasteiger charge is 2.27. The van der Waals surface area contributed by atoms with Crippen LogP contribution in [0.5, 0.6) is 0 Å². The summed E-state index contributed by atoms with van der Waals surface area (Å²) in [5.41, 5.74) is 7.74. The summed E-state index contributed by atoms with van der Waals surface area (Å²) in [6.07, 6.45) is 5.95. The van der Waals surface area contributed by atoms with Gasteiger partial charge < -0.3 is 25.3 Å². The quantitative estimate of drug-likeness (QED) is 0.250. The number of aromatic nitrogens is 4. The molecule has 1 saturated heterocycles. The lowest BCUT2D eigenvalue weighted by Gasteiger charge is -2.34. The minimum Gasteiger partial charge on any atom is -0.369 e. The van der Waals surface area contributed by atoms with Crippen molar-refractivity contribution in [3.8, 4) is 17.3 Å². The largest absolute Gasteiger partial charge is 0.369 e. The fourth-order valence-corrected chi connectivity index (χ4v) is 5.10. The average molecular weight is 549 g/mol. The summed E-state index contributed by atoms with van der Waals surface area (Å²) in [7, 11) is 6.02. The average Bonchev–Trinajstić information content (AvgIpc) is 3.58. The van der Waals surface area contributed by atoms with Crippen molar-refractivity contribution < 1.29 is 4.79 Å². The molecule has 0 unspecified atom stereocenters. The van der Waals surface area contributed by atoms with Gasteiger partial charge in [-0.2, -0.15) is 15.3 Å². The van der Waals surface area contributed by atoms with E-state index in [4.69, 9.17) is 4.98 Å². The number of fused-ring (bicyclic) bond motifs is 2. The van der Waals surface area contributed by atoms with Gasteiger partial charge in [0.25, 0.3) is 0 Å². The molecule has 0 radical (unpaired) electrons. The highest BCUT2D eigenvalue weighted by molar-refractivity contribution is 6.00. The van der Waals surface area contributed by atoms with Gasteiger partial charge in [-0.1, -0.05) is 6.08 Å². The summed E-state index contributed by atoms with van der Waals surface area (Å²) >= 11 is 0. The van der Waals surface area contributed by atoms with Gasteiger partial charge in [-0.05, 0) is 62.6 Å². The van der Waals surface area contributed by atoms with Crippen LogP contribution in [0.15, 0.2) is 48.7 Å². The number of nitriles is 1. The van der Waals surface area contributed by atoms with Gasteiger partial charge >= 0.3 is 0 Å². The third-order valence-corrected chi connectivity index (χ3v) is 7.31. The third-order valence-electron chi connectivity index (χ3n) is 7.31. The summed E-state index contributed by atoms with van der Waals surface area (Å²) in [6.45, 7) is 4.75. The first kappa shape index (κ1) is 26.4. The molecule has 3 N–H and O–H groups in total. The van der Waals surface area contributed by atoms with E-state index in [1.165, 1.54) is 22.9 Å². The Morgan fingerprint density at radius 3 is 2.73 bits per heavy atom. The van der Waals surface area contributed by atoms with Crippen molar-refractivity contribution >= 4 is 40.0 Å². The molecule has 208 valence electrons. The fraction of sp³-hybridized carbons (Fsp3) is 0.300. The number of rotatable bonds is 8. The first-order valence-corrected chi connectivity index (χ1v) is 13.6. The Balaban J connectivity index is 1.31. The van der Waals surface area contributed by atoms with E-state index in [1.54, 1.807) is 24.4 Å². The van der Waals surface area contributed by atoms with Crippen LogP contribution in [-0.4, -0.2) is 89.7 Å². The van der Waals surface area contributed by atoms with Crippen LogP contribution in [0.1, 0.15) is 16.7 Å². The van der Waals surface area contributed by atoms with Gasteiger partial charge in [0.1, 0.15) is 0 Å². The van der Waals surface area contributed by atoms with Crippen LogP contribution in [-0.2, 0) is 11.2 Å². The van der Waals surface area contributed by atoms with Crippen LogP contribution >= 0.6 is 0 Å². The first-order chi connectivity index (χ1) is 19.9. The van der Waals surface area contributed by atoms with E-state index in [9.17, 15) is 10.1 Å². The van der Waals surface area contributed by atoms with Crippen LogP contribution in [0.3, 0.4) is 0 Å². The Morgan fingerprint density at radius 1 is 1.12 bits per heavy atom. The number of hydrogen-bond acceptors (Lipinski definition) is 9. The van der Waals surface area contributed by atoms with Gasteiger partial charge in [-0.15, -0.1) is 0 Å². The molecule has 1 fully saturated rings. The van der Waals surface area contributed by atoms with E-state index < -0.39 is 0 Å². The minimum absolute atomic E-state index is 0.271. The van der Waals surface area contributed by atoms with Crippen LogP contribution in [0.25, 0.3) is 22.3 Å². The maximum absolute atomic E-state index is 12.5. The number of anilines is 4. The molecule has 0 saturated carbocycles. The second-order valence-electron chi connectivity index (χ2n) is 10.8. The number of nitrogens with zero attached hydrogens (tertiary/aromatic N) is 7. The van der Waals surface area contributed by atoms with E-state index in [1.807, 2.05) is 25.1 Å². The number of hydrogen-bond donors (Lipinski definition) is 3. The summed E-state index contributed by atoms with van der Waals surface area (Å²) in [6, 6.07) is 11.7. The molecule has 11 heteroatoms. The summed E-state index contributed by atoms with van der Waals surface area (Å²) in [4.78, 5) is 28.8. The molecular formula is C30H32N10O. The number of benzene rings is 2. The van der Waals surface area contributed by atoms with E-state index >= 15 is 0 Å². The summed E-state index contributed by atoms with van der Waals surface area (Å²) in [5.74, 6) is 0.147. The molecule has 41 heavy (non-hydrogen) atoms. The maximum Gasteiger partial charge on any atom is 0.248 e. The smallest absolute Gasteiger partial charge is 0.248 e. The van der Waals surface area contributed by atoms with E-state index in [0.29, 0.717) is 46.0 Å². The van der Waals surface area contributed by atoms with Gasteiger partial charge in [0.2, 0.25) is 11.9 Å². The van der Waals surface area contributed by atoms with E-state index in [0.717, 1.165) is 38.3 Å². The predicted octanol–water partition coefficient (Wildman–Crippen LogP) is 3.35. The van der Waals surface area contributed by atoms with Gasteiger partial charge in [0.05, 0.1) is 28.9 Å². The molecular weight excluding hydrogens is 516 g/mol. The lowest BCUT2D eigenvalue weighted by atomic mass is 10.0. The Labute approximate surface area is 238 Å². The van der Waals surface area contributed by atoms with Crippen molar-refractivity contribution in [2.45, 2.75) is 6.42 Å². The zero-order chi connectivity index (χ0) is 28.5. The molecule has 2 aromatic carbocycles. The second-order valence-corrected chi connectivity index (χ2v) is 10.8. The normalized spacial score (nSPS) is 14.9. The molecule has 1 amide bonds. The van der Waals surface area contributed by atoms with Gasteiger partial charge in [-0.3, -0.25) is 9.89 Å². The second kappa shape index (κ2) is 11.0. The molecule has 2 aromatic heterocycles. The van der Waals surface area contributed by atoms with Gasteiger partial charge in [-0.25, -0.2) is 4.98 Å². The van der Waals surface area contributed by atoms with Crippen molar-refractivity contribution in [2.75, 3.05) is 69.4 Å². The number of carbonyl (C=O) groups excluding carboxylic acids is 1. The lowest BCUT2D eigenvalue weighted by molar-refractivity contribution is -0.111. The molecule has 0 bridgehead atoms. The Hall–Kier alpha value is -4.79. The Bertz CT molecular complexity index is 1690. The maximum atomic E-state index is 12.5. The summed E-state index contributed by atoms with van der Waals surface area (Å²) < 4.78 is 0. The third kappa shape index (κ3) is 5.89. The highest BCUT2D eigenvalue weighted by atomic mass is 16.1. The molecule has 1 aliphatic carbocycles. The first-order valence-electron chi connectivity index (χ1n) is 13.6. The zero-order valence-corrected chi connectivity index (χ0v) is 23.4. The standard InChI is InChI=1S/C30H32N10O/c1-38(2)6-4-5-27(41)33-22-12-19(17-31)11-21(14-22)28-25-18-32-37-29(25)36-30(35-28)34-23-13-20-15-24(20)26(16-23)40-9-7-39(3)8-10-40/h4-5,11-14,16,18H,6-10,15H2,1-3H3,(H,33,41)(H2,32,34,35,36,37)/b5-4+. The molecule has 11 nitrogen and oxygen atoms in total. The lowest BCUT2D eigenvalue weighted by Crippen LogP contribution is -2.44.